The highest BCUT2D eigenvalue weighted by molar-refractivity contribution is 5.71. The Kier molecular flexibility index (Phi) is 5.95. The number of carbonyl (C=O) groups is 1. The van der Waals surface area contributed by atoms with Crippen LogP contribution in [0.15, 0.2) is 24.3 Å². The highest BCUT2D eigenvalue weighted by atomic mass is 19.4. The summed E-state index contributed by atoms with van der Waals surface area (Å²) in [7, 11) is 0. The van der Waals surface area contributed by atoms with E-state index in [0.717, 1.165) is 56.9 Å². The van der Waals surface area contributed by atoms with E-state index in [1.165, 1.54) is 0 Å². The molecule has 2 N–H and O–H groups in total. The normalized spacial score (nSPS) is 28.4. The van der Waals surface area contributed by atoms with E-state index < -0.39 is 12.2 Å². The van der Waals surface area contributed by atoms with Crippen LogP contribution >= 0.6 is 0 Å². The summed E-state index contributed by atoms with van der Waals surface area (Å²) in [5, 5.41) is 0. The summed E-state index contributed by atoms with van der Waals surface area (Å²) < 4.78 is 44.9. The van der Waals surface area contributed by atoms with Crippen LogP contribution in [-0.2, 0) is 4.74 Å². The first kappa shape index (κ1) is 19.9. The number of rotatable bonds is 0. The SMILES string of the molecule is CC(N)C(F)(F)F.O=C1Oc2ccccc2C2CC(C2)OC2CCCCN12. The number of nitrogens with two attached hydrogens (primary N) is 1. The average Bonchev–Trinajstić information content (AvgIpc) is 2.58. The lowest BCUT2D eigenvalue weighted by atomic mass is 9.77. The van der Waals surface area contributed by atoms with Gasteiger partial charge in [0.2, 0.25) is 0 Å². The summed E-state index contributed by atoms with van der Waals surface area (Å²) >= 11 is 0. The second kappa shape index (κ2) is 8.06. The van der Waals surface area contributed by atoms with E-state index in [1.54, 1.807) is 4.90 Å². The van der Waals surface area contributed by atoms with E-state index in [2.05, 4.69) is 11.8 Å². The van der Waals surface area contributed by atoms with Crippen molar-refractivity contribution in [2.45, 2.75) is 69.5 Å². The fourth-order valence-electron chi connectivity index (χ4n) is 3.47. The van der Waals surface area contributed by atoms with E-state index in [-0.39, 0.29) is 12.3 Å². The van der Waals surface area contributed by atoms with E-state index in [9.17, 15) is 18.0 Å². The minimum absolute atomic E-state index is 0.0903. The highest BCUT2D eigenvalue weighted by Gasteiger charge is 2.39. The molecule has 150 valence electrons. The van der Waals surface area contributed by atoms with Gasteiger partial charge < -0.3 is 15.2 Å². The molecule has 3 aliphatic heterocycles. The third-order valence-corrected chi connectivity index (χ3v) is 5.20. The fraction of sp³-hybridized carbons (Fsp3) is 0.632. The molecule has 27 heavy (non-hydrogen) atoms. The molecule has 4 aliphatic rings. The number of ether oxygens (including phenoxy) is 2. The number of hydrogen-bond acceptors (Lipinski definition) is 4. The lowest BCUT2D eigenvalue weighted by Crippen LogP contribution is -2.50. The molecule has 1 saturated heterocycles. The highest BCUT2D eigenvalue weighted by Crippen LogP contribution is 2.44. The van der Waals surface area contributed by atoms with Gasteiger partial charge >= 0.3 is 12.3 Å². The summed E-state index contributed by atoms with van der Waals surface area (Å²) in [5.74, 6) is 1.20. The quantitative estimate of drug-likeness (QED) is 0.727. The van der Waals surface area contributed by atoms with Crippen molar-refractivity contribution in [1.82, 2.24) is 4.90 Å². The molecule has 0 radical (unpaired) electrons. The Bertz CT molecular complexity index is 660. The molecule has 2 atom stereocenters. The molecule has 3 heterocycles. The number of para-hydroxylation sites is 1. The number of nitrogens with zero attached hydrogens (tertiary/aromatic N) is 1. The molecule has 2 fully saturated rings. The van der Waals surface area contributed by atoms with Gasteiger partial charge in [-0.25, -0.2) is 4.79 Å². The average molecular weight is 386 g/mol. The van der Waals surface area contributed by atoms with Crippen LogP contribution in [0.1, 0.15) is 50.5 Å². The number of piperidine rings is 1. The maximum Gasteiger partial charge on any atom is 0.417 e. The number of benzene rings is 1. The van der Waals surface area contributed by atoms with E-state index >= 15 is 0 Å². The molecule has 2 unspecified atom stereocenters. The number of amides is 1. The van der Waals surface area contributed by atoms with Crippen molar-refractivity contribution in [2.24, 2.45) is 5.73 Å². The number of halogens is 3. The van der Waals surface area contributed by atoms with Crippen LogP contribution < -0.4 is 10.5 Å². The molecule has 1 aliphatic carbocycles. The predicted molar refractivity (Wildman–Crippen MR) is 93.4 cm³/mol. The smallest absolute Gasteiger partial charge is 0.410 e. The molecule has 5 rings (SSSR count). The Balaban J connectivity index is 0.000000260. The molecule has 8 heteroatoms. The van der Waals surface area contributed by atoms with Crippen molar-refractivity contribution in [3.63, 3.8) is 0 Å². The van der Waals surface area contributed by atoms with Crippen LogP contribution in [0.5, 0.6) is 5.75 Å². The van der Waals surface area contributed by atoms with Gasteiger partial charge in [-0.2, -0.15) is 13.2 Å². The number of fused-ring (bicyclic) bond motifs is 1. The Morgan fingerprint density at radius 3 is 2.56 bits per heavy atom. The van der Waals surface area contributed by atoms with Gasteiger partial charge in [0, 0.05) is 6.54 Å². The number of carbonyl (C=O) groups excluding carboxylic acids is 1. The zero-order valence-electron chi connectivity index (χ0n) is 15.2. The largest absolute Gasteiger partial charge is 0.417 e. The first-order chi connectivity index (χ1) is 12.8. The summed E-state index contributed by atoms with van der Waals surface area (Å²) in [4.78, 5) is 14.1. The minimum Gasteiger partial charge on any atom is -0.410 e. The van der Waals surface area contributed by atoms with Crippen LogP contribution in [0, 0.1) is 0 Å². The van der Waals surface area contributed by atoms with Gasteiger partial charge in [-0.1, -0.05) is 18.2 Å². The second-order valence-electron chi connectivity index (χ2n) is 7.31. The first-order valence-corrected chi connectivity index (χ1v) is 9.31. The van der Waals surface area contributed by atoms with Gasteiger partial charge in [0.1, 0.15) is 12.0 Å². The summed E-state index contributed by atoms with van der Waals surface area (Å²) in [6, 6.07) is 6.21. The van der Waals surface area contributed by atoms with Crippen LogP contribution in [0.3, 0.4) is 0 Å². The Morgan fingerprint density at radius 2 is 1.89 bits per heavy atom. The van der Waals surface area contributed by atoms with Crippen molar-refractivity contribution >= 4 is 6.09 Å². The molecule has 1 aromatic carbocycles. The third kappa shape index (κ3) is 4.73. The van der Waals surface area contributed by atoms with Crippen LogP contribution in [0.2, 0.25) is 0 Å². The van der Waals surface area contributed by atoms with Gasteiger partial charge in [0.05, 0.1) is 12.1 Å². The first-order valence-electron chi connectivity index (χ1n) is 9.31. The van der Waals surface area contributed by atoms with E-state index in [4.69, 9.17) is 9.47 Å². The fourth-order valence-corrected chi connectivity index (χ4v) is 3.47. The monoisotopic (exact) mass is 386 g/mol. The topological polar surface area (TPSA) is 64.8 Å². The van der Waals surface area contributed by atoms with E-state index in [0.29, 0.717) is 12.0 Å². The van der Waals surface area contributed by atoms with Crippen molar-refractivity contribution < 1.29 is 27.4 Å². The lowest BCUT2D eigenvalue weighted by Gasteiger charge is -2.43. The minimum atomic E-state index is -4.22. The molecular weight excluding hydrogens is 361 g/mol. The van der Waals surface area contributed by atoms with E-state index in [1.807, 2.05) is 18.2 Å². The van der Waals surface area contributed by atoms with Gasteiger partial charge in [0.15, 0.2) is 0 Å². The van der Waals surface area contributed by atoms with Crippen molar-refractivity contribution in [3.8, 4) is 5.75 Å². The maximum absolute atomic E-state index is 12.4. The maximum atomic E-state index is 12.4. The molecule has 1 amide bonds. The zero-order valence-corrected chi connectivity index (χ0v) is 15.2. The van der Waals surface area contributed by atoms with Crippen molar-refractivity contribution in [2.75, 3.05) is 6.54 Å². The van der Waals surface area contributed by atoms with Crippen LogP contribution in [-0.4, -0.2) is 42.1 Å². The molecular formula is C19H25F3N2O3. The van der Waals surface area contributed by atoms with Gasteiger partial charge in [-0.15, -0.1) is 0 Å². The molecule has 0 aromatic heterocycles. The Labute approximate surface area is 156 Å². The lowest BCUT2D eigenvalue weighted by molar-refractivity contribution is -0.143. The summed E-state index contributed by atoms with van der Waals surface area (Å²) in [5.41, 5.74) is 5.59. The van der Waals surface area contributed by atoms with Gasteiger partial charge in [-0.05, 0) is 56.6 Å². The summed E-state index contributed by atoms with van der Waals surface area (Å²) in [6.45, 7) is 1.64. The zero-order chi connectivity index (χ0) is 19.6. The van der Waals surface area contributed by atoms with Gasteiger partial charge in [-0.3, -0.25) is 4.90 Å². The standard InChI is InChI=1S/C16H19NO3.C3H6F3N/c18-16-17-8-4-3-7-15(17)19-12-9-11(10-12)13-5-1-2-6-14(13)20-16;1-2(7)3(4,5)6/h1-2,5-6,11-12,15H,3-4,7-10H2;2H,7H2,1H3. The Hall–Kier alpha value is -1.80. The van der Waals surface area contributed by atoms with Crippen LogP contribution in [0.25, 0.3) is 0 Å². The Morgan fingerprint density at radius 1 is 1.22 bits per heavy atom. The predicted octanol–water partition coefficient (Wildman–Crippen LogP) is 4.17. The van der Waals surface area contributed by atoms with Crippen LogP contribution in [0.4, 0.5) is 18.0 Å². The molecule has 1 aromatic rings. The number of hydrogen-bond donors (Lipinski definition) is 1. The van der Waals surface area contributed by atoms with Crippen molar-refractivity contribution in [3.05, 3.63) is 29.8 Å². The molecule has 1 saturated carbocycles. The number of alkyl halides is 3. The molecule has 2 bridgehead atoms. The summed E-state index contributed by atoms with van der Waals surface area (Å²) in [6.07, 6.45) is 0.890. The van der Waals surface area contributed by atoms with Crippen molar-refractivity contribution in [1.29, 1.82) is 0 Å². The third-order valence-electron chi connectivity index (χ3n) is 5.20. The molecule has 0 spiro atoms. The van der Waals surface area contributed by atoms with Gasteiger partial charge in [0.25, 0.3) is 0 Å². The molecule has 5 nitrogen and oxygen atoms in total. The second-order valence-corrected chi connectivity index (χ2v) is 7.31.